The number of rotatable bonds is 7. The van der Waals surface area contributed by atoms with Crippen molar-refractivity contribution in [3.05, 3.63) is 65.5 Å². The number of para-hydroxylation sites is 2. The number of hydrogen-bond acceptors (Lipinski definition) is 4. The fourth-order valence-electron chi connectivity index (χ4n) is 2.44. The summed E-state index contributed by atoms with van der Waals surface area (Å²) in [6.07, 6.45) is 0.935. The number of carbonyl (C=O) groups excluding carboxylic acids is 2. The van der Waals surface area contributed by atoms with Crippen molar-refractivity contribution in [3.63, 3.8) is 0 Å². The maximum atomic E-state index is 12.2. The van der Waals surface area contributed by atoms with Gasteiger partial charge >= 0.3 is 0 Å². The molecule has 7 heteroatoms. The fourth-order valence-corrected chi connectivity index (χ4v) is 2.44. The monoisotopic (exact) mass is 351 g/mol. The van der Waals surface area contributed by atoms with Crippen molar-refractivity contribution >= 4 is 22.8 Å². The highest BCUT2D eigenvalue weighted by atomic mass is 16.2. The first kappa shape index (κ1) is 17.6. The highest BCUT2D eigenvalue weighted by Gasteiger charge is 2.11. The van der Waals surface area contributed by atoms with Gasteiger partial charge < -0.3 is 10.3 Å². The first-order chi connectivity index (χ1) is 12.7. The molecule has 1 heterocycles. The van der Waals surface area contributed by atoms with E-state index in [0.717, 1.165) is 29.6 Å². The van der Waals surface area contributed by atoms with Crippen LogP contribution in [0.3, 0.4) is 0 Å². The first-order valence-corrected chi connectivity index (χ1v) is 8.52. The zero-order valence-electron chi connectivity index (χ0n) is 14.5. The first-order valence-electron chi connectivity index (χ1n) is 8.52. The summed E-state index contributed by atoms with van der Waals surface area (Å²) in [6, 6.07) is 14.6. The number of carbonyl (C=O) groups is 2. The van der Waals surface area contributed by atoms with Crippen LogP contribution in [0.4, 0.5) is 0 Å². The number of nitrogens with one attached hydrogen (secondary N) is 4. The van der Waals surface area contributed by atoms with Crippen LogP contribution < -0.4 is 16.2 Å². The van der Waals surface area contributed by atoms with Gasteiger partial charge in [0.25, 0.3) is 11.8 Å². The third-order valence-electron chi connectivity index (χ3n) is 3.85. The third-order valence-corrected chi connectivity index (χ3v) is 3.85. The highest BCUT2D eigenvalue weighted by molar-refractivity contribution is 5.94. The zero-order chi connectivity index (χ0) is 18.4. The molecule has 0 saturated heterocycles. The zero-order valence-corrected chi connectivity index (χ0v) is 14.5. The molecule has 0 bridgehead atoms. The molecule has 7 nitrogen and oxygen atoms in total. The SMILES string of the molecule is CCCNNC(=O)c1ccc(CNC(=O)c2nc3ccccc3[nH]2)cc1. The predicted octanol–water partition coefficient (Wildman–Crippen LogP) is 2.14. The molecular formula is C19H21N5O2. The fraction of sp³-hybridized carbons (Fsp3) is 0.211. The van der Waals surface area contributed by atoms with Crippen molar-refractivity contribution in [1.82, 2.24) is 26.1 Å². The van der Waals surface area contributed by atoms with Crippen LogP contribution in [0, 0.1) is 0 Å². The van der Waals surface area contributed by atoms with Gasteiger partial charge in [-0.05, 0) is 36.2 Å². The number of benzene rings is 2. The lowest BCUT2D eigenvalue weighted by Crippen LogP contribution is -2.37. The molecule has 0 atom stereocenters. The number of nitrogens with zero attached hydrogens (tertiary/aromatic N) is 1. The smallest absolute Gasteiger partial charge is 0.287 e. The maximum Gasteiger partial charge on any atom is 0.287 e. The van der Waals surface area contributed by atoms with E-state index in [2.05, 4.69) is 26.1 Å². The molecular weight excluding hydrogens is 330 g/mol. The molecule has 2 amide bonds. The number of H-pyrrole nitrogens is 1. The van der Waals surface area contributed by atoms with E-state index >= 15 is 0 Å². The summed E-state index contributed by atoms with van der Waals surface area (Å²) >= 11 is 0. The van der Waals surface area contributed by atoms with Crippen molar-refractivity contribution < 1.29 is 9.59 Å². The molecule has 0 aliphatic rings. The number of fused-ring (bicyclic) bond motifs is 1. The van der Waals surface area contributed by atoms with Gasteiger partial charge in [0.1, 0.15) is 0 Å². The summed E-state index contributed by atoms with van der Waals surface area (Å²) in [4.78, 5) is 31.4. The molecule has 3 rings (SSSR count). The second-order valence-corrected chi connectivity index (χ2v) is 5.86. The molecule has 0 radical (unpaired) electrons. The normalized spacial score (nSPS) is 10.7. The van der Waals surface area contributed by atoms with E-state index in [1.54, 1.807) is 12.1 Å². The Morgan fingerprint density at radius 1 is 1.04 bits per heavy atom. The molecule has 3 aromatic rings. The minimum Gasteiger partial charge on any atom is -0.345 e. The van der Waals surface area contributed by atoms with Gasteiger partial charge in [0.15, 0.2) is 5.82 Å². The van der Waals surface area contributed by atoms with Crippen LogP contribution in [-0.4, -0.2) is 28.3 Å². The van der Waals surface area contributed by atoms with Gasteiger partial charge in [-0.15, -0.1) is 0 Å². The third kappa shape index (κ3) is 4.25. The van der Waals surface area contributed by atoms with Gasteiger partial charge in [0.2, 0.25) is 0 Å². The Labute approximate surface area is 151 Å². The number of hydrogen-bond donors (Lipinski definition) is 4. The van der Waals surface area contributed by atoms with Gasteiger partial charge in [-0.2, -0.15) is 0 Å². The minimum absolute atomic E-state index is 0.184. The molecule has 2 aromatic carbocycles. The summed E-state index contributed by atoms with van der Waals surface area (Å²) < 4.78 is 0. The van der Waals surface area contributed by atoms with Crippen LogP contribution >= 0.6 is 0 Å². The van der Waals surface area contributed by atoms with Gasteiger partial charge in [0, 0.05) is 18.7 Å². The second kappa shape index (κ2) is 8.26. The van der Waals surface area contributed by atoms with Crippen molar-refractivity contribution in [2.24, 2.45) is 0 Å². The summed E-state index contributed by atoms with van der Waals surface area (Å²) in [5.74, 6) is -0.174. The van der Waals surface area contributed by atoms with Crippen LogP contribution in [0.1, 0.15) is 39.9 Å². The van der Waals surface area contributed by atoms with Crippen LogP contribution in [0.5, 0.6) is 0 Å². The lowest BCUT2D eigenvalue weighted by atomic mass is 10.1. The van der Waals surface area contributed by atoms with Gasteiger partial charge in [-0.25, -0.2) is 10.4 Å². The Morgan fingerprint density at radius 3 is 2.54 bits per heavy atom. The number of aromatic amines is 1. The van der Waals surface area contributed by atoms with E-state index in [-0.39, 0.29) is 17.6 Å². The van der Waals surface area contributed by atoms with Crippen LogP contribution in [0.2, 0.25) is 0 Å². The van der Waals surface area contributed by atoms with Crippen molar-refractivity contribution in [1.29, 1.82) is 0 Å². The van der Waals surface area contributed by atoms with Crippen molar-refractivity contribution in [2.45, 2.75) is 19.9 Å². The largest absolute Gasteiger partial charge is 0.345 e. The standard InChI is InChI=1S/C19H21N5O2/c1-2-11-21-24-18(25)14-9-7-13(8-10-14)12-20-19(26)17-22-15-5-3-4-6-16(15)23-17/h3-10,21H,2,11-12H2,1H3,(H,20,26)(H,22,23)(H,24,25). The molecule has 1 aromatic heterocycles. The van der Waals surface area contributed by atoms with Gasteiger partial charge in [0.05, 0.1) is 11.0 Å². The summed E-state index contributed by atoms with van der Waals surface area (Å²) in [5, 5.41) is 2.82. The number of aromatic nitrogens is 2. The van der Waals surface area contributed by atoms with E-state index in [4.69, 9.17) is 0 Å². The van der Waals surface area contributed by atoms with Gasteiger partial charge in [-0.3, -0.25) is 15.0 Å². The lowest BCUT2D eigenvalue weighted by Gasteiger charge is -2.07. The Balaban J connectivity index is 1.55. The molecule has 0 fully saturated rings. The average Bonchev–Trinajstić information content (AvgIpc) is 3.11. The molecule has 0 aliphatic carbocycles. The molecule has 0 saturated carbocycles. The van der Waals surface area contributed by atoms with E-state index in [0.29, 0.717) is 12.1 Å². The average molecular weight is 351 g/mol. The highest BCUT2D eigenvalue weighted by Crippen LogP contribution is 2.10. The molecule has 134 valence electrons. The molecule has 0 aliphatic heterocycles. The maximum absolute atomic E-state index is 12.2. The topological polar surface area (TPSA) is 98.9 Å². The van der Waals surface area contributed by atoms with Crippen molar-refractivity contribution in [2.75, 3.05) is 6.54 Å². The van der Waals surface area contributed by atoms with Crippen LogP contribution in [0.25, 0.3) is 11.0 Å². The Morgan fingerprint density at radius 2 is 1.81 bits per heavy atom. The number of amides is 2. The summed E-state index contributed by atoms with van der Waals surface area (Å²) in [5.41, 5.74) is 8.51. The van der Waals surface area contributed by atoms with Crippen molar-refractivity contribution in [3.8, 4) is 0 Å². The Bertz CT molecular complexity index is 869. The molecule has 0 unspecified atom stereocenters. The van der Waals surface area contributed by atoms with Gasteiger partial charge in [-0.1, -0.05) is 31.2 Å². The predicted molar refractivity (Wildman–Crippen MR) is 99.5 cm³/mol. The van der Waals surface area contributed by atoms with E-state index in [1.165, 1.54) is 0 Å². The summed E-state index contributed by atoms with van der Waals surface area (Å²) in [7, 11) is 0. The molecule has 26 heavy (non-hydrogen) atoms. The Hall–Kier alpha value is -3.19. The van der Waals surface area contributed by atoms with E-state index in [1.807, 2.05) is 43.3 Å². The lowest BCUT2D eigenvalue weighted by molar-refractivity contribution is 0.0927. The number of imidazole rings is 1. The molecule has 4 N–H and O–H groups in total. The summed E-state index contributed by atoms with van der Waals surface area (Å²) in [6.45, 7) is 3.09. The van der Waals surface area contributed by atoms with E-state index < -0.39 is 0 Å². The Kier molecular flexibility index (Phi) is 5.60. The van der Waals surface area contributed by atoms with E-state index in [9.17, 15) is 9.59 Å². The minimum atomic E-state index is -0.271. The second-order valence-electron chi connectivity index (χ2n) is 5.86. The molecule has 0 spiro atoms. The van der Waals surface area contributed by atoms with Crippen LogP contribution in [-0.2, 0) is 6.54 Å². The quantitative estimate of drug-likeness (QED) is 0.387. The number of hydrazine groups is 1. The van der Waals surface area contributed by atoms with Crippen LogP contribution in [0.15, 0.2) is 48.5 Å².